The van der Waals surface area contributed by atoms with Crippen molar-refractivity contribution < 1.29 is 9.90 Å². The number of carbonyl (C=O) groups excluding carboxylic acids is 1. The molecule has 0 spiro atoms. The Morgan fingerprint density at radius 1 is 1.69 bits per heavy atom. The summed E-state index contributed by atoms with van der Waals surface area (Å²) in [5, 5.41) is 9.52. The molecule has 1 aliphatic heterocycles. The monoisotopic (exact) mass is 240 g/mol. The average Bonchev–Trinajstić information content (AvgIpc) is 2.76. The quantitative estimate of drug-likeness (QED) is 0.845. The van der Waals surface area contributed by atoms with E-state index in [-0.39, 0.29) is 18.4 Å². The van der Waals surface area contributed by atoms with E-state index in [0.29, 0.717) is 23.8 Å². The lowest BCUT2D eigenvalue weighted by Crippen LogP contribution is -2.29. The van der Waals surface area contributed by atoms with Crippen molar-refractivity contribution in [3.05, 3.63) is 29.0 Å². The molecule has 5 heteroatoms. The summed E-state index contributed by atoms with van der Waals surface area (Å²) in [4.78, 5) is 17.7. The molecule has 1 aliphatic rings. The van der Waals surface area contributed by atoms with E-state index < -0.39 is 0 Å². The highest BCUT2D eigenvalue weighted by Gasteiger charge is 2.26. The maximum Gasteiger partial charge on any atom is 0.272 e. The first-order valence-corrected chi connectivity index (χ1v) is 5.60. The summed E-state index contributed by atoms with van der Waals surface area (Å²) in [6.45, 7) is 1.41. The molecule has 16 heavy (non-hydrogen) atoms. The second kappa shape index (κ2) is 4.80. The van der Waals surface area contributed by atoms with Crippen LogP contribution in [-0.4, -0.2) is 40.6 Å². The minimum atomic E-state index is -0.113. The van der Waals surface area contributed by atoms with E-state index in [0.717, 1.165) is 6.42 Å². The van der Waals surface area contributed by atoms with Gasteiger partial charge >= 0.3 is 0 Å². The summed E-state index contributed by atoms with van der Waals surface area (Å²) in [6.07, 6.45) is 2.37. The molecule has 1 fully saturated rings. The van der Waals surface area contributed by atoms with E-state index in [1.165, 1.54) is 6.20 Å². The molecule has 4 nitrogen and oxygen atoms in total. The van der Waals surface area contributed by atoms with Crippen molar-refractivity contribution >= 4 is 17.5 Å². The maximum atomic E-state index is 12.0. The van der Waals surface area contributed by atoms with Gasteiger partial charge in [-0.15, -0.1) is 0 Å². The minimum absolute atomic E-state index is 0.113. The van der Waals surface area contributed by atoms with Gasteiger partial charge in [0.25, 0.3) is 5.91 Å². The molecule has 0 aliphatic carbocycles. The van der Waals surface area contributed by atoms with Crippen molar-refractivity contribution in [3.63, 3.8) is 0 Å². The normalized spacial score (nSPS) is 20.1. The fourth-order valence-corrected chi connectivity index (χ4v) is 2.01. The van der Waals surface area contributed by atoms with Crippen LogP contribution >= 0.6 is 11.6 Å². The predicted octanol–water partition coefficient (Wildman–Crippen LogP) is 1.19. The van der Waals surface area contributed by atoms with E-state index >= 15 is 0 Å². The van der Waals surface area contributed by atoms with Gasteiger partial charge in [0.2, 0.25) is 0 Å². The second-order valence-electron chi connectivity index (χ2n) is 3.95. The van der Waals surface area contributed by atoms with Crippen LogP contribution in [0.3, 0.4) is 0 Å². The second-order valence-corrected chi connectivity index (χ2v) is 4.38. The highest BCUT2D eigenvalue weighted by atomic mass is 35.5. The van der Waals surface area contributed by atoms with Gasteiger partial charge in [-0.3, -0.25) is 9.78 Å². The number of aliphatic hydroxyl groups is 1. The largest absolute Gasteiger partial charge is 0.396 e. The van der Waals surface area contributed by atoms with Gasteiger partial charge in [-0.05, 0) is 18.6 Å². The van der Waals surface area contributed by atoms with E-state index in [4.69, 9.17) is 16.7 Å². The Morgan fingerprint density at radius 3 is 3.12 bits per heavy atom. The Bertz CT molecular complexity index is 397. The zero-order valence-corrected chi connectivity index (χ0v) is 9.52. The van der Waals surface area contributed by atoms with Crippen LogP contribution < -0.4 is 0 Å². The summed E-state index contributed by atoms with van der Waals surface area (Å²) in [7, 11) is 0. The van der Waals surface area contributed by atoms with Gasteiger partial charge in [-0.2, -0.15) is 0 Å². The van der Waals surface area contributed by atoms with Crippen LogP contribution in [0.2, 0.25) is 5.02 Å². The molecule has 0 aromatic carbocycles. The molecule has 0 saturated carbocycles. The van der Waals surface area contributed by atoms with Gasteiger partial charge < -0.3 is 10.0 Å². The van der Waals surface area contributed by atoms with Crippen LogP contribution in [0.4, 0.5) is 0 Å². The summed E-state index contributed by atoms with van der Waals surface area (Å²) in [5.41, 5.74) is 0.367. The SMILES string of the molecule is O=C(c1cc(Cl)ccn1)N1CCC(CO)C1. The highest BCUT2D eigenvalue weighted by molar-refractivity contribution is 6.30. The van der Waals surface area contributed by atoms with Crippen LogP contribution in [0.25, 0.3) is 0 Å². The number of nitrogens with zero attached hydrogens (tertiary/aromatic N) is 2. The fraction of sp³-hybridized carbons (Fsp3) is 0.455. The van der Waals surface area contributed by atoms with E-state index in [9.17, 15) is 4.79 Å². The number of likely N-dealkylation sites (tertiary alicyclic amines) is 1. The summed E-state index contributed by atoms with van der Waals surface area (Å²) in [5.74, 6) is 0.0848. The molecular formula is C11H13ClN2O2. The van der Waals surface area contributed by atoms with Crippen LogP contribution in [0, 0.1) is 5.92 Å². The van der Waals surface area contributed by atoms with Crippen molar-refractivity contribution in [1.29, 1.82) is 0 Å². The number of aliphatic hydroxyl groups excluding tert-OH is 1. The number of amides is 1. The Balaban J connectivity index is 2.08. The van der Waals surface area contributed by atoms with E-state index in [1.54, 1.807) is 17.0 Å². The lowest BCUT2D eigenvalue weighted by Gasteiger charge is -2.15. The molecule has 1 N–H and O–H groups in total. The third-order valence-corrected chi connectivity index (χ3v) is 3.01. The van der Waals surface area contributed by atoms with Gasteiger partial charge in [0, 0.05) is 36.8 Å². The maximum absolute atomic E-state index is 12.0. The van der Waals surface area contributed by atoms with Gasteiger partial charge in [0.1, 0.15) is 5.69 Å². The highest BCUT2D eigenvalue weighted by Crippen LogP contribution is 2.18. The molecule has 1 aromatic heterocycles. The molecule has 1 amide bonds. The smallest absolute Gasteiger partial charge is 0.272 e. The van der Waals surface area contributed by atoms with Crippen molar-refractivity contribution in [2.45, 2.75) is 6.42 Å². The van der Waals surface area contributed by atoms with Crippen LogP contribution in [-0.2, 0) is 0 Å². The Kier molecular flexibility index (Phi) is 3.41. The topological polar surface area (TPSA) is 53.4 Å². The fourth-order valence-electron chi connectivity index (χ4n) is 1.85. The Morgan fingerprint density at radius 2 is 2.50 bits per heavy atom. The number of hydrogen-bond donors (Lipinski definition) is 1. The average molecular weight is 241 g/mol. The molecule has 0 radical (unpaired) electrons. The molecule has 1 unspecified atom stereocenters. The molecule has 1 saturated heterocycles. The van der Waals surface area contributed by atoms with Crippen LogP contribution in [0.1, 0.15) is 16.9 Å². The minimum Gasteiger partial charge on any atom is -0.396 e. The third-order valence-electron chi connectivity index (χ3n) is 2.77. The number of rotatable bonds is 2. The summed E-state index contributed by atoms with van der Waals surface area (Å²) >= 11 is 5.80. The zero-order valence-electron chi connectivity index (χ0n) is 8.77. The Hall–Kier alpha value is -1.13. The predicted molar refractivity (Wildman–Crippen MR) is 60.3 cm³/mol. The third kappa shape index (κ3) is 2.33. The number of carbonyl (C=O) groups is 1. The molecule has 2 heterocycles. The van der Waals surface area contributed by atoms with E-state index in [1.807, 2.05) is 0 Å². The summed E-state index contributed by atoms with van der Waals surface area (Å²) in [6, 6.07) is 3.20. The van der Waals surface area contributed by atoms with E-state index in [2.05, 4.69) is 4.98 Å². The van der Waals surface area contributed by atoms with Gasteiger partial charge in [0.05, 0.1) is 0 Å². The molecule has 2 rings (SSSR count). The van der Waals surface area contributed by atoms with Crippen LogP contribution in [0.15, 0.2) is 18.3 Å². The van der Waals surface area contributed by atoms with Gasteiger partial charge in [-0.25, -0.2) is 0 Å². The lowest BCUT2D eigenvalue weighted by atomic mass is 10.1. The number of halogens is 1. The first-order valence-electron chi connectivity index (χ1n) is 5.22. The first kappa shape index (κ1) is 11.4. The van der Waals surface area contributed by atoms with Crippen molar-refractivity contribution in [3.8, 4) is 0 Å². The molecule has 1 aromatic rings. The number of aromatic nitrogens is 1. The first-order chi connectivity index (χ1) is 7.70. The van der Waals surface area contributed by atoms with Crippen LogP contribution in [0.5, 0.6) is 0 Å². The van der Waals surface area contributed by atoms with Gasteiger partial charge in [-0.1, -0.05) is 11.6 Å². The zero-order chi connectivity index (χ0) is 11.5. The van der Waals surface area contributed by atoms with Gasteiger partial charge in [0.15, 0.2) is 0 Å². The standard InChI is InChI=1S/C11H13ClN2O2/c12-9-1-3-13-10(5-9)11(16)14-4-2-8(6-14)7-15/h1,3,5,8,15H,2,4,6-7H2. The Labute approximate surface area is 98.9 Å². The number of hydrogen-bond acceptors (Lipinski definition) is 3. The lowest BCUT2D eigenvalue weighted by molar-refractivity contribution is 0.0776. The molecule has 86 valence electrons. The number of pyridine rings is 1. The van der Waals surface area contributed by atoms with Crippen molar-refractivity contribution in [2.75, 3.05) is 19.7 Å². The van der Waals surface area contributed by atoms with Crippen molar-refractivity contribution in [1.82, 2.24) is 9.88 Å². The molecule has 0 bridgehead atoms. The molecular weight excluding hydrogens is 228 g/mol. The molecule has 1 atom stereocenters. The summed E-state index contributed by atoms with van der Waals surface area (Å²) < 4.78 is 0. The van der Waals surface area contributed by atoms with Crippen molar-refractivity contribution in [2.24, 2.45) is 5.92 Å².